The summed E-state index contributed by atoms with van der Waals surface area (Å²) in [7, 11) is 0. The van der Waals surface area contributed by atoms with E-state index in [9.17, 15) is 14.7 Å². The van der Waals surface area contributed by atoms with Crippen molar-refractivity contribution >= 4 is 12.0 Å². The summed E-state index contributed by atoms with van der Waals surface area (Å²) < 4.78 is 0. The number of amides is 2. The fraction of sp³-hybridized carbons (Fsp3) is 0.867. The lowest BCUT2D eigenvalue weighted by Crippen LogP contribution is -2.57. The van der Waals surface area contributed by atoms with E-state index in [2.05, 4.69) is 12.2 Å². The number of rotatable bonds is 6. The molecule has 2 amide bonds. The number of carboxylic acid groups (broad SMARTS) is 1. The SMILES string of the molecule is CCN(CC(=O)O)C1CC(NC(=O)N2CCC(C)C2CO)C1. The number of aliphatic carboxylic acids is 1. The zero-order valence-corrected chi connectivity index (χ0v) is 13.4. The van der Waals surface area contributed by atoms with Crippen molar-refractivity contribution in [2.75, 3.05) is 26.2 Å². The Balaban J connectivity index is 1.77. The van der Waals surface area contributed by atoms with Gasteiger partial charge in [0, 0.05) is 18.6 Å². The van der Waals surface area contributed by atoms with Crippen LogP contribution in [0.4, 0.5) is 4.79 Å². The normalized spacial score (nSPS) is 31.2. The Bertz CT molecular complexity index is 412. The summed E-state index contributed by atoms with van der Waals surface area (Å²) in [5.74, 6) is -0.484. The minimum absolute atomic E-state index is 0.00407. The maximum absolute atomic E-state index is 12.3. The highest BCUT2D eigenvalue weighted by molar-refractivity contribution is 5.75. The van der Waals surface area contributed by atoms with E-state index in [-0.39, 0.29) is 37.3 Å². The minimum atomic E-state index is -0.814. The van der Waals surface area contributed by atoms with E-state index in [0.29, 0.717) is 19.0 Å². The first kappa shape index (κ1) is 17.0. The van der Waals surface area contributed by atoms with Gasteiger partial charge in [0.1, 0.15) is 0 Å². The van der Waals surface area contributed by atoms with Gasteiger partial charge in [-0.2, -0.15) is 0 Å². The Morgan fingerprint density at radius 2 is 2.05 bits per heavy atom. The topological polar surface area (TPSA) is 93.1 Å². The molecule has 2 fully saturated rings. The van der Waals surface area contributed by atoms with Crippen molar-refractivity contribution in [3.05, 3.63) is 0 Å². The quantitative estimate of drug-likeness (QED) is 0.657. The van der Waals surface area contributed by atoms with Crippen LogP contribution in [0, 0.1) is 5.92 Å². The van der Waals surface area contributed by atoms with Gasteiger partial charge < -0.3 is 20.4 Å². The number of aliphatic hydroxyl groups excluding tert-OH is 1. The average Bonchev–Trinajstić information content (AvgIpc) is 2.80. The van der Waals surface area contributed by atoms with Crippen molar-refractivity contribution in [2.45, 2.75) is 51.2 Å². The largest absolute Gasteiger partial charge is 0.480 e. The summed E-state index contributed by atoms with van der Waals surface area (Å²) in [6, 6.07) is 0.149. The molecular weight excluding hydrogens is 286 g/mol. The fourth-order valence-electron chi connectivity index (χ4n) is 3.47. The molecule has 1 saturated heterocycles. The second kappa shape index (κ2) is 7.28. The lowest BCUT2D eigenvalue weighted by atomic mass is 9.85. The van der Waals surface area contributed by atoms with Gasteiger partial charge in [-0.25, -0.2) is 4.79 Å². The molecule has 2 rings (SSSR count). The number of likely N-dealkylation sites (tertiary alicyclic amines) is 1. The summed E-state index contributed by atoms with van der Waals surface area (Å²) in [6.45, 7) is 5.45. The molecule has 2 unspecified atom stereocenters. The molecule has 0 spiro atoms. The van der Waals surface area contributed by atoms with Crippen molar-refractivity contribution in [3.8, 4) is 0 Å². The van der Waals surface area contributed by atoms with Crippen LogP contribution in [0.5, 0.6) is 0 Å². The van der Waals surface area contributed by atoms with Crippen molar-refractivity contribution in [1.82, 2.24) is 15.1 Å². The van der Waals surface area contributed by atoms with Gasteiger partial charge in [0.2, 0.25) is 0 Å². The van der Waals surface area contributed by atoms with Gasteiger partial charge in [0.25, 0.3) is 0 Å². The Morgan fingerprint density at radius 1 is 1.36 bits per heavy atom. The van der Waals surface area contributed by atoms with E-state index in [1.54, 1.807) is 4.90 Å². The van der Waals surface area contributed by atoms with Gasteiger partial charge in [-0.15, -0.1) is 0 Å². The third-order valence-electron chi connectivity index (χ3n) is 5.03. The van der Waals surface area contributed by atoms with Gasteiger partial charge in [-0.3, -0.25) is 9.69 Å². The van der Waals surface area contributed by atoms with Crippen LogP contribution in [-0.4, -0.2) is 76.4 Å². The Hall–Kier alpha value is -1.34. The van der Waals surface area contributed by atoms with E-state index in [4.69, 9.17) is 5.11 Å². The Morgan fingerprint density at radius 3 is 2.59 bits per heavy atom. The second-order valence-corrected chi connectivity index (χ2v) is 6.44. The van der Waals surface area contributed by atoms with Crippen LogP contribution in [0.1, 0.15) is 33.1 Å². The molecule has 1 aliphatic carbocycles. The van der Waals surface area contributed by atoms with Crippen LogP contribution in [0.3, 0.4) is 0 Å². The third kappa shape index (κ3) is 3.70. The molecule has 0 aromatic rings. The highest BCUT2D eigenvalue weighted by atomic mass is 16.4. The molecule has 22 heavy (non-hydrogen) atoms. The van der Waals surface area contributed by atoms with E-state index >= 15 is 0 Å². The monoisotopic (exact) mass is 313 g/mol. The number of urea groups is 1. The van der Waals surface area contributed by atoms with E-state index in [1.807, 2.05) is 11.8 Å². The Kier molecular flexibility index (Phi) is 5.63. The molecule has 126 valence electrons. The zero-order chi connectivity index (χ0) is 16.3. The first-order valence-corrected chi connectivity index (χ1v) is 8.10. The number of hydrogen-bond donors (Lipinski definition) is 3. The maximum atomic E-state index is 12.3. The lowest BCUT2D eigenvalue weighted by molar-refractivity contribution is -0.139. The molecule has 1 saturated carbocycles. The number of nitrogens with one attached hydrogen (secondary N) is 1. The first-order valence-electron chi connectivity index (χ1n) is 8.10. The van der Waals surface area contributed by atoms with Crippen LogP contribution in [0.15, 0.2) is 0 Å². The maximum Gasteiger partial charge on any atom is 0.317 e. The molecule has 1 heterocycles. The minimum Gasteiger partial charge on any atom is -0.480 e. The van der Waals surface area contributed by atoms with Crippen molar-refractivity contribution in [1.29, 1.82) is 0 Å². The number of likely N-dealkylation sites (N-methyl/N-ethyl adjacent to an activating group) is 1. The van der Waals surface area contributed by atoms with Crippen molar-refractivity contribution in [3.63, 3.8) is 0 Å². The standard InChI is InChI=1S/C15H27N3O4/c1-3-17(8-14(20)21)12-6-11(7-12)16-15(22)18-5-4-10(2)13(18)9-19/h10-13,19H,3-9H2,1-2H3,(H,16,22)(H,20,21). The molecule has 7 heteroatoms. The second-order valence-electron chi connectivity index (χ2n) is 6.44. The first-order chi connectivity index (χ1) is 10.5. The van der Waals surface area contributed by atoms with Crippen molar-refractivity contribution < 1.29 is 19.8 Å². The number of nitrogens with zero attached hydrogens (tertiary/aromatic N) is 2. The smallest absolute Gasteiger partial charge is 0.317 e. The number of carbonyl (C=O) groups is 2. The Labute approximate surface area is 131 Å². The van der Waals surface area contributed by atoms with Gasteiger partial charge in [0.05, 0.1) is 19.2 Å². The summed E-state index contributed by atoms with van der Waals surface area (Å²) >= 11 is 0. The molecule has 1 aliphatic heterocycles. The fourth-order valence-corrected chi connectivity index (χ4v) is 3.47. The molecule has 0 bridgehead atoms. The number of hydrogen-bond acceptors (Lipinski definition) is 4. The van der Waals surface area contributed by atoms with Gasteiger partial charge >= 0.3 is 12.0 Å². The number of carbonyl (C=O) groups excluding carboxylic acids is 1. The van der Waals surface area contributed by atoms with Crippen LogP contribution in [0.25, 0.3) is 0 Å². The summed E-state index contributed by atoms with van der Waals surface area (Å²) in [4.78, 5) is 26.7. The van der Waals surface area contributed by atoms with E-state index in [1.165, 1.54) is 0 Å². The van der Waals surface area contributed by atoms with Crippen molar-refractivity contribution in [2.24, 2.45) is 5.92 Å². The molecule has 0 radical (unpaired) electrons. The third-order valence-corrected chi connectivity index (χ3v) is 5.03. The van der Waals surface area contributed by atoms with Gasteiger partial charge in [0.15, 0.2) is 0 Å². The van der Waals surface area contributed by atoms with E-state index < -0.39 is 5.97 Å². The summed E-state index contributed by atoms with van der Waals surface area (Å²) in [6.07, 6.45) is 2.51. The van der Waals surface area contributed by atoms with Crippen LogP contribution in [0.2, 0.25) is 0 Å². The molecule has 7 nitrogen and oxygen atoms in total. The van der Waals surface area contributed by atoms with Gasteiger partial charge in [-0.1, -0.05) is 13.8 Å². The predicted octanol–water partition coefficient (Wildman–Crippen LogP) is 0.336. The average molecular weight is 313 g/mol. The van der Waals surface area contributed by atoms with E-state index in [0.717, 1.165) is 19.3 Å². The van der Waals surface area contributed by atoms with Gasteiger partial charge in [-0.05, 0) is 31.7 Å². The highest BCUT2D eigenvalue weighted by Crippen LogP contribution is 2.27. The highest BCUT2D eigenvalue weighted by Gasteiger charge is 2.38. The molecule has 2 aliphatic rings. The molecular formula is C15H27N3O4. The lowest BCUT2D eigenvalue weighted by Gasteiger charge is -2.43. The molecule has 3 N–H and O–H groups in total. The number of carboxylic acids is 1. The molecule has 0 aromatic carbocycles. The van der Waals surface area contributed by atoms with Crippen LogP contribution in [-0.2, 0) is 4.79 Å². The summed E-state index contributed by atoms with van der Waals surface area (Å²) in [5.41, 5.74) is 0. The number of aliphatic hydroxyl groups is 1. The molecule has 0 aromatic heterocycles. The zero-order valence-electron chi connectivity index (χ0n) is 13.4. The predicted molar refractivity (Wildman–Crippen MR) is 81.6 cm³/mol. The summed E-state index contributed by atoms with van der Waals surface area (Å²) in [5, 5.41) is 21.3. The molecule has 2 atom stereocenters. The van der Waals surface area contributed by atoms with Crippen LogP contribution >= 0.6 is 0 Å². The van der Waals surface area contributed by atoms with Crippen LogP contribution < -0.4 is 5.32 Å².